The Morgan fingerprint density at radius 1 is 1.24 bits per heavy atom. The highest BCUT2D eigenvalue weighted by atomic mass is 32.2. The zero-order valence-corrected chi connectivity index (χ0v) is 21.1. The van der Waals surface area contributed by atoms with E-state index in [4.69, 9.17) is 0 Å². The van der Waals surface area contributed by atoms with Gasteiger partial charge in [0.1, 0.15) is 17.6 Å². The van der Waals surface area contributed by atoms with Crippen molar-refractivity contribution in [2.24, 2.45) is 18.0 Å². The Bertz CT molecular complexity index is 1570. The Hall–Kier alpha value is -3.54. The third-order valence-electron chi connectivity index (χ3n) is 6.39. The standard InChI is InChI=1S/C25H24F3N5O3S/c1-12-11-33(2)32-23(12)13-4-5-17(22(6-13)37(3,35)36)30-18-7-14(8-21(34)15-9-16(15)26)29-19-10-20(25(27)28)31-24(18)19/h4-7,11,15-16,25H,8-10H2,1-3H3,(H,29,30)/t15-,16+/m0/s1. The summed E-state index contributed by atoms with van der Waals surface area (Å²) in [4.78, 5) is 20.7. The van der Waals surface area contributed by atoms with Crippen molar-refractivity contribution in [1.82, 2.24) is 14.8 Å². The van der Waals surface area contributed by atoms with E-state index in [9.17, 15) is 26.4 Å². The fourth-order valence-electron chi connectivity index (χ4n) is 4.49. The molecular formula is C25H24F3N5O3S. The average Bonchev–Trinajstić information content (AvgIpc) is 3.22. The van der Waals surface area contributed by atoms with Gasteiger partial charge >= 0.3 is 0 Å². The SMILES string of the molecule is Cc1cn(C)nc1-c1ccc(Nc2cc(CC(=O)[C@H]3C[C@H]3F)nc3c2N=C(C(F)F)C3)c(S(C)(=O)=O)c1. The van der Waals surface area contributed by atoms with E-state index in [1.807, 2.05) is 13.1 Å². The number of carbonyl (C=O) groups excluding carboxylic acids is 1. The molecule has 0 unspecified atom stereocenters. The van der Waals surface area contributed by atoms with E-state index < -0.39 is 28.4 Å². The number of rotatable bonds is 8. The Morgan fingerprint density at radius 3 is 2.57 bits per heavy atom. The first-order valence-corrected chi connectivity index (χ1v) is 13.5. The molecule has 3 aromatic rings. The topological polar surface area (TPSA) is 106 Å². The van der Waals surface area contributed by atoms with Crippen molar-refractivity contribution in [2.45, 2.75) is 43.7 Å². The zero-order valence-electron chi connectivity index (χ0n) is 20.3. The van der Waals surface area contributed by atoms with Crippen molar-refractivity contribution in [1.29, 1.82) is 0 Å². The lowest BCUT2D eigenvalue weighted by Crippen LogP contribution is -2.12. The van der Waals surface area contributed by atoms with Crippen LogP contribution in [0.4, 0.5) is 30.2 Å². The molecule has 1 fully saturated rings. The number of aryl methyl sites for hydroxylation is 2. The number of ketones is 1. The predicted octanol–water partition coefficient (Wildman–Crippen LogP) is 4.30. The van der Waals surface area contributed by atoms with Gasteiger partial charge in [-0.3, -0.25) is 14.5 Å². The molecule has 194 valence electrons. The van der Waals surface area contributed by atoms with Crippen LogP contribution >= 0.6 is 0 Å². The third-order valence-corrected chi connectivity index (χ3v) is 7.53. The van der Waals surface area contributed by atoms with Gasteiger partial charge in [0.25, 0.3) is 6.43 Å². The predicted molar refractivity (Wildman–Crippen MR) is 133 cm³/mol. The number of hydrogen-bond donors (Lipinski definition) is 1. The maximum Gasteiger partial charge on any atom is 0.277 e. The molecule has 5 rings (SSSR count). The summed E-state index contributed by atoms with van der Waals surface area (Å²) < 4.78 is 67.3. The minimum Gasteiger partial charge on any atom is -0.353 e. The monoisotopic (exact) mass is 531 g/mol. The number of pyridine rings is 1. The first-order valence-electron chi connectivity index (χ1n) is 11.6. The van der Waals surface area contributed by atoms with E-state index in [0.717, 1.165) is 11.8 Å². The summed E-state index contributed by atoms with van der Waals surface area (Å²) in [6.45, 7) is 1.86. The number of benzene rings is 1. The molecule has 1 N–H and O–H groups in total. The van der Waals surface area contributed by atoms with Crippen molar-refractivity contribution >= 4 is 38.4 Å². The number of carbonyl (C=O) groups is 1. The van der Waals surface area contributed by atoms with Crippen LogP contribution in [0, 0.1) is 12.8 Å². The van der Waals surface area contributed by atoms with Crippen molar-refractivity contribution in [3.8, 4) is 11.3 Å². The molecular weight excluding hydrogens is 507 g/mol. The summed E-state index contributed by atoms with van der Waals surface area (Å²) in [5.41, 5.74) is 2.84. The molecule has 12 heteroatoms. The lowest BCUT2D eigenvalue weighted by molar-refractivity contribution is -0.120. The van der Waals surface area contributed by atoms with E-state index in [2.05, 4.69) is 20.4 Å². The van der Waals surface area contributed by atoms with Crippen LogP contribution in [0.25, 0.3) is 11.3 Å². The Labute approximate surface area is 211 Å². The number of nitrogens with zero attached hydrogens (tertiary/aromatic N) is 4. The fraction of sp³-hybridized carbons (Fsp3) is 0.360. The van der Waals surface area contributed by atoms with E-state index in [-0.39, 0.29) is 64.1 Å². The summed E-state index contributed by atoms with van der Waals surface area (Å²) in [5, 5.41) is 7.42. The first kappa shape index (κ1) is 25.1. The molecule has 0 saturated heterocycles. The van der Waals surface area contributed by atoms with Crippen LogP contribution in [0.3, 0.4) is 0 Å². The second kappa shape index (κ2) is 9.09. The van der Waals surface area contributed by atoms with E-state index in [1.54, 1.807) is 23.9 Å². The molecule has 8 nitrogen and oxygen atoms in total. The van der Waals surface area contributed by atoms with Gasteiger partial charge in [-0.1, -0.05) is 6.07 Å². The van der Waals surface area contributed by atoms with Crippen molar-refractivity contribution in [3.63, 3.8) is 0 Å². The quantitative estimate of drug-likeness (QED) is 0.465. The number of hydrogen-bond acceptors (Lipinski definition) is 7. The molecule has 3 heterocycles. The molecule has 37 heavy (non-hydrogen) atoms. The highest BCUT2D eigenvalue weighted by Gasteiger charge is 2.43. The summed E-state index contributed by atoms with van der Waals surface area (Å²) in [5.74, 6) is -0.982. The molecule has 0 spiro atoms. The molecule has 2 atom stereocenters. The molecule has 1 saturated carbocycles. The second-order valence-electron chi connectivity index (χ2n) is 9.48. The van der Waals surface area contributed by atoms with Crippen molar-refractivity contribution < 1.29 is 26.4 Å². The fourth-order valence-corrected chi connectivity index (χ4v) is 5.35. The number of aromatic nitrogens is 3. The van der Waals surface area contributed by atoms with Crippen molar-refractivity contribution in [3.05, 3.63) is 47.4 Å². The molecule has 0 bridgehead atoms. The van der Waals surface area contributed by atoms with E-state index >= 15 is 0 Å². The number of aliphatic imine (C=N–C) groups is 1. The molecule has 0 amide bonds. The maximum absolute atomic E-state index is 13.4. The largest absolute Gasteiger partial charge is 0.353 e. The maximum atomic E-state index is 13.4. The second-order valence-corrected chi connectivity index (χ2v) is 11.5. The van der Waals surface area contributed by atoms with Gasteiger partial charge in [-0.15, -0.1) is 0 Å². The highest BCUT2D eigenvalue weighted by Crippen LogP contribution is 2.40. The van der Waals surface area contributed by atoms with E-state index in [1.165, 1.54) is 12.1 Å². The number of alkyl halides is 3. The number of sulfone groups is 1. The van der Waals surface area contributed by atoms with Gasteiger partial charge in [-0.25, -0.2) is 26.6 Å². The van der Waals surface area contributed by atoms with Crippen LogP contribution < -0.4 is 5.32 Å². The normalized spacial score (nSPS) is 18.6. The van der Waals surface area contributed by atoms with Gasteiger partial charge in [-0.2, -0.15) is 5.10 Å². The number of Topliss-reactive ketones (excluding diaryl/α,β-unsaturated/α-hetero) is 1. The Kier molecular flexibility index (Phi) is 6.17. The smallest absolute Gasteiger partial charge is 0.277 e. The van der Waals surface area contributed by atoms with Crippen LogP contribution in [-0.2, 0) is 34.5 Å². The molecule has 1 aromatic carbocycles. The molecule has 2 aromatic heterocycles. The van der Waals surface area contributed by atoms with Gasteiger partial charge < -0.3 is 5.32 Å². The summed E-state index contributed by atoms with van der Waals surface area (Å²) in [6.07, 6.45) is -1.25. The number of nitrogens with one attached hydrogen (secondary N) is 1. The van der Waals surface area contributed by atoms with Gasteiger partial charge in [0, 0.05) is 37.9 Å². The van der Waals surface area contributed by atoms with Crippen LogP contribution in [0.2, 0.25) is 0 Å². The van der Waals surface area contributed by atoms with Gasteiger partial charge in [0.05, 0.1) is 45.0 Å². The number of halogens is 3. The van der Waals surface area contributed by atoms with Crippen molar-refractivity contribution in [2.75, 3.05) is 11.6 Å². The lowest BCUT2D eigenvalue weighted by Gasteiger charge is -2.15. The highest BCUT2D eigenvalue weighted by molar-refractivity contribution is 7.90. The average molecular weight is 532 g/mol. The van der Waals surface area contributed by atoms with Crippen LogP contribution in [-0.4, -0.2) is 53.5 Å². The van der Waals surface area contributed by atoms with Gasteiger partial charge in [0.2, 0.25) is 0 Å². The molecule has 0 radical (unpaired) electrons. The Balaban J connectivity index is 1.56. The zero-order chi connectivity index (χ0) is 26.6. The number of anilines is 2. The summed E-state index contributed by atoms with van der Waals surface area (Å²) in [6, 6.07) is 6.26. The molecule has 1 aliphatic heterocycles. The summed E-state index contributed by atoms with van der Waals surface area (Å²) in [7, 11) is -1.97. The number of fused-ring (bicyclic) bond motifs is 1. The third kappa shape index (κ3) is 5.02. The van der Waals surface area contributed by atoms with Crippen LogP contribution in [0.15, 0.2) is 40.4 Å². The van der Waals surface area contributed by atoms with Gasteiger partial charge in [0.15, 0.2) is 9.84 Å². The first-order chi connectivity index (χ1) is 17.4. The van der Waals surface area contributed by atoms with E-state index in [0.29, 0.717) is 11.3 Å². The lowest BCUT2D eigenvalue weighted by atomic mass is 10.1. The summed E-state index contributed by atoms with van der Waals surface area (Å²) >= 11 is 0. The molecule has 2 aliphatic rings. The van der Waals surface area contributed by atoms with Crippen LogP contribution in [0.5, 0.6) is 0 Å². The van der Waals surface area contributed by atoms with Gasteiger partial charge in [-0.05, 0) is 37.1 Å². The Morgan fingerprint density at radius 2 is 1.97 bits per heavy atom. The minimum atomic E-state index is -3.73. The van der Waals surface area contributed by atoms with Crippen LogP contribution in [0.1, 0.15) is 23.4 Å². The molecule has 1 aliphatic carbocycles. The minimum absolute atomic E-state index is 0.0208.